The lowest BCUT2D eigenvalue weighted by molar-refractivity contribution is 0.674. The summed E-state index contributed by atoms with van der Waals surface area (Å²) in [5.41, 5.74) is 3.35. The van der Waals surface area contributed by atoms with E-state index >= 15 is 0 Å². The second-order valence-electron chi connectivity index (χ2n) is 3.63. The minimum atomic E-state index is -1.14. The topological polar surface area (TPSA) is 29.1 Å². The summed E-state index contributed by atoms with van der Waals surface area (Å²) in [6.45, 7) is 10.2. The summed E-state index contributed by atoms with van der Waals surface area (Å²) in [6, 6.07) is 4.10. The molecule has 0 aliphatic carbocycles. The van der Waals surface area contributed by atoms with Gasteiger partial charge in [0.15, 0.2) is 0 Å². The molecule has 1 aromatic rings. The largest absolute Gasteiger partial charge is 0.237 e. The maximum Gasteiger partial charge on any atom is 0.125 e. The third kappa shape index (κ3) is 3.01. The van der Waals surface area contributed by atoms with Crippen LogP contribution in [0.15, 0.2) is 29.7 Å². The van der Waals surface area contributed by atoms with E-state index in [9.17, 15) is 4.21 Å². The average molecular weight is 223 g/mol. The highest BCUT2D eigenvalue weighted by Gasteiger charge is 2.10. The van der Waals surface area contributed by atoms with Crippen molar-refractivity contribution in [3.8, 4) is 0 Å². The minimum Gasteiger partial charge on any atom is -0.237 e. The second-order valence-corrected chi connectivity index (χ2v) is 4.87. The van der Waals surface area contributed by atoms with Crippen molar-refractivity contribution in [3.63, 3.8) is 0 Å². The maximum absolute atomic E-state index is 11.9. The van der Waals surface area contributed by atoms with E-state index in [-0.39, 0.29) is 0 Å². The Kier molecular flexibility index (Phi) is 4.24. The number of aryl methyl sites for hydroxylation is 3. The molecule has 15 heavy (non-hydrogen) atoms. The Balaban J connectivity index is 3.03. The summed E-state index contributed by atoms with van der Waals surface area (Å²) in [4.78, 5) is 0.891. The highest BCUT2D eigenvalue weighted by Crippen LogP contribution is 2.18. The van der Waals surface area contributed by atoms with Crippen molar-refractivity contribution in [1.82, 2.24) is 4.72 Å². The molecule has 1 N–H and O–H groups in total. The fourth-order valence-corrected chi connectivity index (χ4v) is 2.78. The lowest BCUT2D eigenvalue weighted by atomic mass is 10.1. The van der Waals surface area contributed by atoms with Crippen LogP contribution in [-0.4, -0.2) is 10.8 Å². The molecular formula is C12H17NOS. The average Bonchev–Trinajstić information content (AvgIpc) is 2.12. The molecule has 3 heteroatoms. The number of benzene rings is 1. The van der Waals surface area contributed by atoms with Gasteiger partial charge in [0.25, 0.3) is 0 Å². The first kappa shape index (κ1) is 12.1. The van der Waals surface area contributed by atoms with Gasteiger partial charge in [-0.15, -0.1) is 6.58 Å². The molecule has 0 aromatic heterocycles. The van der Waals surface area contributed by atoms with Gasteiger partial charge in [-0.1, -0.05) is 23.8 Å². The van der Waals surface area contributed by atoms with Gasteiger partial charge in [0.2, 0.25) is 0 Å². The van der Waals surface area contributed by atoms with Gasteiger partial charge in [-0.3, -0.25) is 0 Å². The molecule has 0 amide bonds. The Morgan fingerprint density at radius 3 is 2.33 bits per heavy atom. The highest BCUT2D eigenvalue weighted by molar-refractivity contribution is 7.83. The van der Waals surface area contributed by atoms with Gasteiger partial charge < -0.3 is 0 Å². The van der Waals surface area contributed by atoms with E-state index in [2.05, 4.69) is 23.4 Å². The van der Waals surface area contributed by atoms with Crippen molar-refractivity contribution in [1.29, 1.82) is 0 Å². The van der Waals surface area contributed by atoms with Gasteiger partial charge in [-0.05, 0) is 31.9 Å². The van der Waals surface area contributed by atoms with E-state index in [1.165, 1.54) is 5.56 Å². The van der Waals surface area contributed by atoms with Crippen LogP contribution in [0.1, 0.15) is 16.7 Å². The first-order valence-electron chi connectivity index (χ1n) is 4.90. The summed E-state index contributed by atoms with van der Waals surface area (Å²) in [7, 11) is -1.14. The predicted octanol–water partition coefficient (Wildman–Crippen LogP) is 2.41. The molecule has 0 aliphatic heterocycles. The molecule has 0 fully saturated rings. The molecule has 0 heterocycles. The lowest BCUT2D eigenvalue weighted by Gasteiger charge is -2.10. The van der Waals surface area contributed by atoms with Crippen LogP contribution in [0.5, 0.6) is 0 Å². The Morgan fingerprint density at radius 1 is 1.33 bits per heavy atom. The molecule has 0 saturated carbocycles. The van der Waals surface area contributed by atoms with Gasteiger partial charge in [-0.2, -0.15) is 0 Å². The molecule has 0 bridgehead atoms. The van der Waals surface area contributed by atoms with Crippen molar-refractivity contribution < 1.29 is 4.21 Å². The molecule has 0 aliphatic rings. The molecule has 1 rings (SSSR count). The summed E-state index contributed by atoms with van der Waals surface area (Å²) in [5, 5.41) is 0. The monoisotopic (exact) mass is 223 g/mol. The summed E-state index contributed by atoms with van der Waals surface area (Å²) in [5.74, 6) is 0. The van der Waals surface area contributed by atoms with Gasteiger partial charge in [0, 0.05) is 6.54 Å². The van der Waals surface area contributed by atoms with Crippen LogP contribution in [0.2, 0.25) is 0 Å². The van der Waals surface area contributed by atoms with Gasteiger partial charge in [0.1, 0.15) is 11.0 Å². The number of nitrogens with one attached hydrogen (secondary N) is 1. The van der Waals surface area contributed by atoms with E-state index in [0.29, 0.717) is 6.54 Å². The highest BCUT2D eigenvalue weighted by atomic mass is 32.2. The zero-order valence-corrected chi connectivity index (χ0v) is 10.3. The van der Waals surface area contributed by atoms with Crippen LogP contribution < -0.4 is 4.72 Å². The van der Waals surface area contributed by atoms with Crippen molar-refractivity contribution in [2.75, 3.05) is 6.54 Å². The van der Waals surface area contributed by atoms with Gasteiger partial charge >= 0.3 is 0 Å². The SMILES string of the molecule is C=CCNS(=O)c1c(C)cc(C)cc1C. The Hall–Kier alpha value is -0.930. The first-order valence-corrected chi connectivity index (χ1v) is 6.05. The Labute approximate surface area is 94.0 Å². The maximum atomic E-state index is 11.9. The summed E-state index contributed by atoms with van der Waals surface area (Å²) < 4.78 is 14.8. The van der Waals surface area contributed by atoms with Crippen LogP contribution in [0.25, 0.3) is 0 Å². The molecule has 1 aromatic carbocycles. The van der Waals surface area contributed by atoms with Crippen LogP contribution in [-0.2, 0) is 11.0 Å². The molecular weight excluding hydrogens is 206 g/mol. The number of hydrogen-bond donors (Lipinski definition) is 1. The van der Waals surface area contributed by atoms with Crippen LogP contribution in [0.3, 0.4) is 0 Å². The van der Waals surface area contributed by atoms with Gasteiger partial charge in [0.05, 0.1) is 4.90 Å². The molecule has 1 atom stereocenters. The van der Waals surface area contributed by atoms with Crippen LogP contribution in [0, 0.1) is 20.8 Å². The van der Waals surface area contributed by atoms with Crippen molar-refractivity contribution in [3.05, 3.63) is 41.5 Å². The van der Waals surface area contributed by atoms with Crippen LogP contribution >= 0.6 is 0 Å². The van der Waals surface area contributed by atoms with Gasteiger partial charge in [-0.25, -0.2) is 8.93 Å². The molecule has 0 saturated heterocycles. The predicted molar refractivity (Wildman–Crippen MR) is 65.3 cm³/mol. The number of hydrogen-bond acceptors (Lipinski definition) is 1. The van der Waals surface area contributed by atoms with E-state index in [0.717, 1.165) is 16.0 Å². The normalized spacial score (nSPS) is 12.5. The van der Waals surface area contributed by atoms with E-state index in [4.69, 9.17) is 0 Å². The first-order chi connectivity index (χ1) is 7.06. The number of rotatable bonds is 4. The molecule has 0 spiro atoms. The standard InChI is InChI=1S/C12H17NOS/c1-5-6-13-15(14)12-10(3)7-9(2)8-11(12)4/h5,7-8,13H,1,6H2,2-4H3. The lowest BCUT2D eigenvalue weighted by Crippen LogP contribution is -2.18. The van der Waals surface area contributed by atoms with Crippen LogP contribution in [0.4, 0.5) is 0 Å². The molecule has 2 nitrogen and oxygen atoms in total. The third-order valence-corrected chi connectivity index (χ3v) is 3.59. The van der Waals surface area contributed by atoms with E-state index in [1.54, 1.807) is 6.08 Å². The van der Waals surface area contributed by atoms with E-state index < -0.39 is 11.0 Å². The summed E-state index contributed by atoms with van der Waals surface area (Å²) >= 11 is 0. The van der Waals surface area contributed by atoms with Crippen molar-refractivity contribution in [2.45, 2.75) is 25.7 Å². The molecule has 1 unspecified atom stereocenters. The quantitative estimate of drug-likeness (QED) is 0.780. The van der Waals surface area contributed by atoms with Crippen molar-refractivity contribution >= 4 is 11.0 Å². The Bertz CT molecular complexity index is 376. The molecule has 82 valence electrons. The fourth-order valence-electron chi connectivity index (χ4n) is 1.67. The fraction of sp³-hybridized carbons (Fsp3) is 0.333. The van der Waals surface area contributed by atoms with E-state index in [1.807, 2.05) is 20.8 Å². The smallest absolute Gasteiger partial charge is 0.125 e. The molecule has 0 radical (unpaired) electrons. The Morgan fingerprint density at radius 2 is 1.87 bits per heavy atom. The van der Waals surface area contributed by atoms with Crippen molar-refractivity contribution in [2.24, 2.45) is 0 Å². The minimum absolute atomic E-state index is 0.555. The zero-order chi connectivity index (χ0) is 11.4. The second kappa shape index (κ2) is 5.24. The zero-order valence-electron chi connectivity index (χ0n) is 9.46. The summed E-state index contributed by atoms with van der Waals surface area (Å²) in [6.07, 6.45) is 1.71. The third-order valence-electron chi connectivity index (χ3n) is 2.15.